The summed E-state index contributed by atoms with van der Waals surface area (Å²) in [6, 6.07) is 4.94. The molecule has 15 heteroatoms. The van der Waals surface area contributed by atoms with Crippen LogP contribution in [-0.4, -0.2) is 69.8 Å². The fourth-order valence-corrected chi connectivity index (χ4v) is 6.12. The Hall–Kier alpha value is -3.59. The smallest absolute Gasteiger partial charge is 0.348 e. The minimum absolute atomic E-state index is 0.0228. The number of carbonyl (C=O) groups excluding carboxylic acids is 1. The maximum Gasteiger partial charge on any atom is 0.348 e. The first-order chi connectivity index (χ1) is 18.6. The van der Waals surface area contributed by atoms with E-state index in [1.165, 1.54) is 24.9 Å². The van der Waals surface area contributed by atoms with Crippen LogP contribution >= 0.6 is 22.9 Å². The molecular formula is C24H24ClN7O5S2. The summed E-state index contributed by atoms with van der Waals surface area (Å²) in [5.74, 6) is -1.88. The van der Waals surface area contributed by atoms with Gasteiger partial charge in [0.15, 0.2) is 10.8 Å². The van der Waals surface area contributed by atoms with E-state index in [2.05, 4.69) is 35.1 Å². The molecule has 0 spiro atoms. The molecule has 12 nitrogen and oxygen atoms in total. The van der Waals surface area contributed by atoms with Gasteiger partial charge in [-0.15, -0.1) is 11.3 Å². The summed E-state index contributed by atoms with van der Waals surface area (Å²) >= 11 is 7.08. The Bertz CT molecular complexity index is 1680. The molecule has 1 aromatic carbocycles. The van der Waals surface area contributed by atoms with Gasteiger partial charge in [-0.2, -0.15) is 5.10 Å². The van der Waals surface area contributed by atoms with Crippen molar-refractivity contribution in [1.82, 2.24) is 25.1 Å². The van der Waals surface area contributed by atoms with Gasteiger partial charge in [0, 0.05) is 17.1 Å². The van der Waals surface area contributed by atoms with Crippen molar-refractivity contribution in [3.05, 3.63) is 51.3 Å². The van der Waals surface area contributed by atoms with Crippen molar-refractivity contribution < 1.29 is 23.1 Å². The molecule has 1 saturated heterocycles. The summed E-state index contributed by atoms with van der Waals surface area (Å²) in [4.78, 5) is 35.8. The first-order valence-corrected chi connectivity index (χ1v) is 15.0. The number of nitrogens with one attached hydrogen (secondary N) is 3. The summed E-state index contributed by atoms with van der Waals surface area (Å²) < 4.78 is 25.8. The number of benzene rings is 1. The second-order valence-electron chi connectivity index (χ2n) is 9.17. The standard InChI is InChI=1S/C24H24ClN7O5S2/c1-39(36,37)31-18-9-14(10-26-22(18)25)13-7-16(15-11-27-30-17(15)8-13)28-23(33)20-21(24(34)35)38-19(29-20)12-32-5-3-2-4-6-32/h7-11,31H,2-6,12H2,1H3,(H,27,30)(H,28,33)(H,34,35). The van der Waals surface area contributed by atoms with Crippen molar-refractivity contribution >= 4 is 67.1 Å². The molecule has 39 heavy (non-hydrogen) atoms. The van der Waals surface area contributed by atoms with Crippen LogP contribution in [0.1, 0.15) is 44.4 Å². The van der Waals surface area contributed by atoms with Gasteiger partial charge in [0.2, 0.25) is 10.0 Å². The number of carboxylic acids is 1. The third kappa shape index (κ3) is 6.19. The maximum absolute atomic E-state index is 13.3. The number of anilines is 2. The first-order valence-electron chi connectivity index (χ1n) is 11.9. The number of pyridine rings is 1. The van der Waals surface area contributed by atoms with Crippen molar-refractivity contribution in [3.8, 4) is 11.1 Å². The number of sulfonamides is 1. The van der Waals surface area contributed by atoms with Crippen LogP contribution in [0.5, 0.6) is 0 Å². The fraction of sp³-hybridized carbons (Fsp3) is 0.292. The van der Waals surface area contributed by atoms with Gasteiger partial charge in [0.05, 0.1) is 35.9 Å². The molecule has 0 atom stereocenters. The predicted octanol–water partition coefficient (Wildman–Crippen LogP) is 4.04. The third-order valence-corrected chi connectivity index (χ3v) is 8.08. The molecule has 1 aliphatic heterocycles. The quantitative estimate of drug-likeness (QED) is 0.221. The number of likely N-dealkylation sites (tertiary alicyclic amines) is 1. The van der Waals surface area contributed by atoms with Crippen molar-refractivity contribution in [3.63, 3.8) is 0 Å². The van der Waals surface area contributed by atoms with Gasteiger partial charge in [-0.3, -0.25) is 19.5 Å². The lowest BCUT2D eigenvalue weighted by Crippen LogP contribution is -2.29. The number of halogens is 1. The van der Waals surface area contributed by atoms with E-state index in [0.29, 0.717) is 39.3 Å². The molecule has 4 N–H and O–H groups in total. The number of fused-ring (bicyclic) bond motifs is 1. The number of hydrogen-bond acceptors (Lipinski definition) is 9. The van der Waals surface area contributed by atoms with Crippen molar-refractivity contribution in [2.24, 2.45) is 0 Å². The third-order valence-electron chi connectivity index (χ3n) is 6.16. The fourth-order valence-electron chi connectivity index (χ4n) is 4.42. The molecule has 1 amide bonds. The number of aromatic carboxylic acids is 1. The molecule has 0 radical (unpaired) electrons. The normalized spacial score (nSPS) is 14.4. The molecule has 4 aromatic rings. The molecular weight excluding hydrogens is 566 g/mol. The predicted molar refractivity (Wildman–Crippen MR) is 149 cm³/mol. The number of carboxylic acid groups (broad SMARTS) is 1. The minimum atomic E-state index is -3.60. The van der Waals surface area contributed by atoms with Gasteiger partial charge in [0.1, 0.15) is 9.88 Å². The number of H-pyrrole nitrogens is 1. The number of piperidine rings is 1. The van der Waals surface area contributed by atoms with Gasteiger partial charge in [-0.1, -0.05) is 18.0 Å². The van der Waals surface area contributed by atoms with E-state index in [0.717, 1.165) is 43.5 Å². The molecule has 0 unspecified atom stereocenters. The molecule has 3 aromatic heterocycles. The van der Waals surface area contributed by atoms with E-state index in [-0.39, 0.29) is 21.4 Å². The number of aromatic nitrogens is 4. The van der Waals surface area contributed by atoms with E-state index in [1.807, 2.05) is 0 Å². The van der Waals surface area contributed by atoms with Crippen molar-refractivity contribution in [2.75, 3.05) is 29.4 Å². The lowest BCUT2D eigenvalue weighted by molar-refractivity contribution is 0.0697. The number of nitrogens with zero attached hydrogens (tertiary/aromatic N) is 4. The number of thiazole rings is 1. The zero-order valence-electron chi connectivity index (χ0n) is 20.7. The summed E-state index contributed by atoms with van der Waals surface area (Å²) in [7, 11) is -3.60. The zero-order valence-corrected chi connectivity index (χ0v) is 23.1. The largest absolute Gasteiger partial charge is 0.477 e. The molecule has 0 aliphatic carbocycles. The summed E-state index contributed by atoms with van der Waals surface area (Å²) in [6.45, 7) is 2.32. The maximum atomic E-state index is 13.3. The summed E-state index contributed by atoms with van der Waals surface area (Å²) in [5, 5.41) is 20.6. The highest BCUT2D eigenvalue weighted by Crippen LogP contribution is 2.33. The Labute approximate surface area is 232 Å². The zero-order chi connectivity index (χ0) is 27.7. The van der Waals surface area contributed by atoms with E-state index in [9.17, 15) is 23.1 Å². The molecule has 1 fully saturated rings. The highest BCUT2D eigenvalue weighted by Gasteiger charge is 2.25. The number of aromatic amines is 1. The number of amides is 1. The number of rotatable bonds is 8. The Balaban J connectivity index is 1.47. The molecule has 1 aliphatic rings. The number of carbonyl (C=O) groups is 2. The van der Waals surface area contributed by atoms with E-state index < -0.39 is 21.9 Å². The van der Waals surface area contributed by atoms with E-state index in [1.54, 1.807) is 12.1 Å². The minimum Gasteiger partial charge on any atom is -0.477 e. The van der Waals surface area contributed by atoms with Gasteiger partial charge in [0.25, 0.3) is 5.91 Å². The Morgan fingerprint density at radius 3 is 2.59 bits per heavy atom. The summed E-state index contributed by atoms with van der Waals surface area (Å²) in [6.07, 6.45) is 7.34. The highest BCUT2D eigenvalue weighted by atomic mass is 35.5. The van der Waals surface area contributed by atoms with Gasteiger partial charge < -0.3 is 10.4 Å². The average Bonchev–Trinajstić information content (AvgIpc) is 3.53. The van der Waals surface area contributed by atoms with E-state index in [4.69, 9.17) is 11.6 Å². The molecule has 0 bridgehead atoms. The number of hydrogen-bond donors (Lipinski definition) is 4. The van der Waals surface area contributed by atoms with Crippen LogP contribution < -0.4 is 10.0 Å². The monoisotopic (exact) mass is 589 g/mol. The van der Waals surface area contributed by atoms with Crippen LogP contribution in [0.4, 0.5) is 11.4 Å². The summed E-state index contributed by atoms with van der Waals surface area (Å²) in [5.41, 5.74) is 1.97. The van der Waals surface area contributed by atoms with Crippen LogP contribution in [0.25, 0.3) is 22.0 Å². The highest BCUT2D eigenvalue weighted by molar-refractivity contribution is 7.92. The second kappa shape index (κ2) is 10.9. The van der Waals surface area contributed by atoms with Gasteiger partial charge in [-0.05, 0) is 49.7 Å². The Morgan fingerprint density at radius 1 is 1.13 bits per heavy atom. The first kappa shape index (κ1) is 27.0. The van der Waals surface area contributed by atoms with Gasteiger partial charge in [-0.25, -0.2) is 23.2 Å². The van der Waals surface area contributed by atoms with Crippen LogP contribution in [0.3, 0.4) is 0 Å². The van der Waals surface area contributed by atoms with Crippen LogP contribution in [0.2, 0.25) is 5.15 Å². The average molecular weight is 590 g/mol. The van der Waals surface area contributed by atoms with Crippen LogP contribution in [0, 0.1) is 0 Å². The van der Waals surface area contributed by atoms with Crippen molar-refractivity contribution in [1.29, 1.82) is 0 Å². The van der Waals surface area contributed by atoms with Crippen LogP contribution in [0.15, 0.2) is 30.6 Å². The molecule has 5 rings (SSSR count). The van der Waals surface area contributed by atoms with Crippen molar-refractivity contribution in [2.45, 2.75) is 25.8 Å². The SMILES string of the molecule is CS(=O)(=O)Nc1cc(-c2cc(NC(=O)c3nc(CN4CCCCC4)sc3C(=O)O)c3cn[nH]c3c2)cnc1Cl. The molecule has 4 heterocycles. The van der Waals surface area contributed by atoms with E-state index >= 15 is 0 Å². The lowest BCUT2D eigenvalue weighted by Gasteiger charge is -2.25. The molecule has 0 saturated carbocycles. The van der Waals surface area contributed by atoms with Crippen LogP contribution in [-0.2, 0) is 16.6 Å². The Kier molecular flexibility index (Phi) is 7.53. The molecule has 204 valence electrons. The lowest BCUT2D eigenvalue weighted by atomic mass is 10.0. The Morgan fingerprint density at radius 2 is 1.87 bits per heavy atom. The second-order valence-corrected chi connectivity index (χ2v) is 12.4. The van der Waals surface area contributed by atoms with Gasteiger partial charge >= 0.3 is 5.97 Å². The topological polar surface area (TPSA) is 170 Å².